The first kappa shape index (κ1) is 12.2. The number of hydrogen-bond acceptors (Lipinski definition) is 3. The smallest absolute Gasteiger partial charge is 0.230 e. The summed E-state index contributed by atoms with van der Waals surface area (Å²) in [7, 11) is 0. The number of hydrogen-bond donors (Lipinski definition) is 2. The van der Waals surface area contributed by atoms with E-state index in [2.05, 4.69) is 17.6 Å². The Hall–Kier alpha value is -0.220. The lowest BCUT2D eigenvalue weighted by Crippen LogP contribution is -2.32. The Bertz CT molecular complexity index is 241. The van der Waals surface area contributed by atoms with Gasteiger partial charge in [0.2, 0.25) is 5.91 Å². The second-order valence-electron chi connectivity index (χ2n) is 4.84. The van der Waals surface area contributed by atoms with Crippen molar-refractivity contribution in [2.24, 2.45) is 5.92 Å². The summed E-state index contributed by atoms with van der Waals surface area (Å²) in [6.07, 6.45) is 4.81. The molecule has 1 heterocycles. The first-order chi connectivity index (χ1) is 7.79. The molecule has 1 aliphatic heterocycles. The van der Waals surface area contributed by atoms with Crippen LogP contribution < -0.4 is 10.6 Å². The Morgan fingerprint density at radius 1 is 1.44 bits per heavy atom. The quantitative estimate of drug-likeness (QED) is 0.765. The molecule has 0 aromatic carbocycles. The van der Waals surface area contributed by atoms with Crippen LogP contribution in [0.2, 0.25) is 0 Å². The summed E-state index contributed by atoms with van der Waals surface area (Å²) >= 11 is 1.83. The lowest BCUT2D eigenvalue weighted by molar-refractivity contribution is -0.118. The summed E-state index contributed by atoms with van der Waals surface area (Å²) in [5.41, 5.74) is 0. The van der Waals surface area contributed by atoms with E-state index in [4.69, 9.17) is 0 Å². The maximum atomic E-state index is 11.7. The number of carbonyl (C=O) groups is 1. The molecule has 2 rings (SSSR count). The van der Waals surface area contributed by atoms with Crippen LogP contribution >= 0.6 is 11.8 Å². The molecule has 92 valence electrons. The monoisotopic (exact) mass is 242 g/mol. The van der Waals surface area contributed by atoms with Crippen LogP contribution in [0.1, 0.15) is 32.6 Å². The Balaban J connectivity index is 1.57. The van der Waals surface area contributed by atoms with Crippen LogP contribution in [0.3, 0.4) is 0 Å². The van der Waals surface area contributed by atoms with Gasteiger partial charge in [0.15, 0.2) is 0 Å². The van der Waals surface area contributed by atoms with Crippen molar-refractivity contribution in [1.82, 2.24) is 10.6 Å². The zero-order valence-electron chi connectivity index (χ0n) is 10.00. The third-order valence-corrected chi connectivity index (χ3v) is 4.90. The number of piperidine rings is 1. The molecule has 0 aromatic heterocycles. The van der Waals surface area contributed by atoms with Gasteiger partial charge in [-0.05, 0) is 38.3 Å². The average molecular weight is 242 g/mol. The number of amides is 1. The lowest BCUT2D eigenvalue weighted by atomic mass is 10.2. The van der Waals surface area contributed by atoms with E-state index in [0.29, 0.717) is 17.0 Å². The summed E-state index contributed by atoms with van der Waals surface area (Å²) in [6.45, 7) is 4.42. The van der Waals surface area contributed by atoms with Crippen molar-refractivity contribution in [3.05, 3.63) is 0 Å². The third-order valence-electron chi connectivity index (χ3n) is 3.53. The minimum Gasteiger partial charge on any atom is -0.352 e. The molecule has 2 aliphatic rings. The van der Waals surface area contributed by atoms with Crippen LogP contribution in [0, 0.1) is 5.92 Å². The highest BCUT2D eigenvalue weighted by Gasteiger charge is 2.36. The standard InChI is InChI=1S/C12H22N2OS/c1-2-9-7-11(9)14-12(15)8-16-10-3-5-13-6-4-10/h9-11,13H,2-8H2,1H3,(H,14,15). The molecule has 1 saturated heterocycles. The molecule has 0 radical (unpaired) electrons. The Morgan fingerprint density at radius 3 is 2.81 bits per heavy atom. The second kappa shape index (κ2) is 5.92. The molecule has 4 heteroatoms. The van der Waals surface area contributed by atoms with E-state index in [1.54, 1.807) is 0 Å². The summed E-state index contributed by atoms with van der Waals surface area (Å²) in [6, 6.07) is 0.492. The highest BCUT2D eigenvalue weighted by Crippen LogP contribution is 2.33. The van der Waals surface area contributed by atoms with Crippen molar-refractivity contribution in [2.75, 3.05) is 18.8 Å². The molecule has 16 heavy (non-hydrogen) atoms. The van der Waals surface area contributed by atoms with Gasteiger partial charge < -0.3 is 10.6 Å². The molecule has 3 nitrogen and oxygen atoms in total. The van der Waals surface area contributed by atoms with Crippen molar-refractivity contribution in [3.8, 4) is 0 Å². The van der Waals surface area contributed by atoms with Gasteiger partial charge in [-0.25, -0.2) is 0 Å². The van der Waals surface area contributed by atoms with Gasteiger partial charge in [-0.2, -0.15) is 0 Å². The topological polar surface area (TPSA) is 41.1 Å². The van der Waals surface area contributed by atoms with Crippen LogP contribution in [0.4, 0.5) is 0 Å². The lowest BCUT2D eigenvalue weighted by Gasteiger charge is -2.21. The molecular formula is C12H22N2OS. The normalized spacial score (nSPS) is 30.1. The van der Waals surface area contributed by atoms with Crippen LogP contribution in [0.15, 0.2) is 0 Å². The van der Waals surface area contributed by atoms with Crippen molar-refractivity contribution in [1.29, 1.82) is 0 Å². The highest BCUT2D eigenvalue weighted by atomic mass is 32.2. The van der Waals surface area contributed by atoms with Gasteiger partial charge in [-0.1, -0.05) is 13.3 Å². The first-order valence-corrected chi connectivity index (χ1v) is 7.46. The van der Waals surface area contributed by atoms with Crippen LogP contribution in [0.25, 0.3) is 0 Å². The zero-order chi connectivity index (χ0) is 11.4. The van der Waals surface area contributed by atoms with Crippen LogP contribution in [-0.2, 0) is 4.79 Å². The fraction of sp³-hybridized carbons (Fsp3) is 0.917. The summed E-state index contributed by atoms with van der Waals surface area (Å²) in [4.78, 5) is 11.7. The zero-order valence-corrected chi connectivity index (χ0v) is 10.8. The highest BCUT2D eigenvalue weighted by molar-refractivity contribution is 8.00. The fourth-order valence-corrected chi connectivity index (χ4v) is 3.32. The molecule has 2 N–H and O–H groups in total. The van der Waals surface area contributed by atoms with E-state index in [1.165, 1.54) is 25.7 Å². The molecule has 2 atom stereocenters. The van der Waals surface area contributed by atoms with Gasteiger partial charge in [0.1, 0.15) is 0 Å². The van der Waals surface area contributed by atoms with Gasteiger partial charge in [-0.15, -0.1) is 11.8 Å². The first-order valence-electron chi connectivity index (χ1n) is 6.41. The maximum Gasteiger partial charge on any atom is 0.230 e. The van der Waals surface area contributed by atoms with Crippen molar-refractivity contribution >= 4 is 17.7 Å². The largest absolute Gasteiger partial charge is 0.352 e. The maximum absolute atomic E-state index is 11.7. The number of nitrogens with one attached hydrogen (secondary N) is 2. The molecule has 2 unspecified atom stereocenters. The average Bonchev–Trinajstić information content (AvgIpc) is 3.06. The number of carbonyl (C=O) groups excluding carboxylic acids is 1. The summed E-state index contributed by atoms with van der Waals surface area (Å²) in [5, 5.41) is 7.15. The van der Waals surface area contributed by atoms with Gasteiger partial charge in [0, 0.05) is 11.3 Å². The van der Waals surface area contributed by atoms with Crippen LogP contribution in [-0.4, -0.2) is 36.0 Å². The molecule has 0 spiro atoms. The van der Waals surface area contributed by atoms with Crippen molar-refractivity contribution in [3.63, 3.8) is 0 Å². The number of rotatable bonds is 5. The van der Waals surface area contributed by atoms with Gasteiger partial charge in [0.25, 0.3) is 0 Å². The van der Waals surface area contributed by atoms with Gasteiger partial charge in [-0.3, -0.25) is 4.79 Å². The predicted molar refractivity (Wildman–Crippen MR) is 68.7 cm³/mol. The van der Waals surface area contributed by atoms with E-state index < -0.39 is 0 Å². The summed E-state index contributed by atoms with van der Waals surface area (Å²) < 4.78 is 0. The molecular weight excluding hydrogens is 220 g/mol. The Kier molecular flexibility index (Phi) is 4.53. The SMILES string of the molecule is CCC1CC1NC(=O)CSC1CCNCC1. The molecule has 0 aromatic rings. The van der Waals surface area contributed by atoms with E-state index in [1.807, 2.05) is 11.8 Å². The van der Waals surface area contributed by atoms with Gasteiger partial charge >= 0.3 is 0 Å². The van der Waals surface area contributed by atoms with Gasteiger partial charge in [0.05, 0.1) is 5.75 Å². The molecule has 1 amide bonds. The second-order valence-corrected chi connectivity index (χ2v) is 6.13. The minimum atomic E-state index is 0.240. The molecule has 1 aliphatic carbocycles. The van der Waals surface area contributed by atoms with E-state index in [-0.39, 0.29) is 5.91 Å². The Labute approximate surface area is 102 Å². The van der Waals surface area contributed by atoms with E-state index in [0.717, 1.165) is 19.0 Å². The third kappa shape index (κ3) is 3.67. The molecule has 1 saturated carbocycles. The van der Waals surface area contributed by atoms with Crippen LogP contribution in [0.5, 0.6) is 0 Å². The Morgan fingerprint density at radius 2 is 2.19 bits per heavy atom. The predicted octanol–water partition coefficient (Wildman–Crippen LogP) is 1.39. The molecule has 0 bridgehead atoms. The van der Waals surface area contributed by atoms with Crippen molar-refractivity contribution in [2.45, 2.75) is 43.9 Å². The minimum absolute atomic E-state index is 0.240. The number of thioether (sulfide) groups is 1. The van der Waals surface area contributed by atoms with Crippen molar-refractivity contribution < 1.29 is 4.79 Å². The summed E-state index contributed by atoms with van der Waals surface area (Å²) in [5.74, 6) is 1.65. The fourth-order valence-electron chi connectivity index (χ4n) is 2.28. The molecule has 2 fully saturated rings. The van der Waals surface area contributed by atoms with E-state index in [9.17, 15) is 4.79 Å². The van der Waals surface area contributed by atoms with E-state index >= 15 is 0 Å².